The van der Waals surface area contributed by atoms with E-state index in [1.165, 1.54) is 0 Å². The Labute approximate surface area is 114 Å². The number of para-hydroxylation sites is 2. The number of rotatable bonds is 6. The maximum Gasteiger partial charge on any atom is 0.153 e. The van der Waals surface area contributed by atoms with Gasteiger partial charge in [-0.15, -0.1) is 0 Å². The van der Waals surface area contributed by atoms with Crippen molar-refractivity contribution in [1.82, 2.24) is 0 Å². The molecule has 1 aliphatic rings. The smallest absolute Gasteiger partial charge is 0.153 e. The van der Waals surface area contributed by atoms with E-state index in [2.05, 4.69) is 0 Å². The van der Waals surface area contributed by atoms with Crippen molar-refractivity contribution >= 4 is 15.5 Å². The van der Waals surface area contributed by atoms with Crippen LogP contribution in [0.1, 0.15) is 25.7 Å². The Bertz CT molecular complexity index is 507. The summed E-state index contributed by atoms with van der Waals surface area (Å²) in [4.78, 5) is 0. The minimum atomic E-state index is -3.01. The van der Waals surface area contributed by atoms with Gasteiger partial charge in [-0.3, -0.25) is 0 Å². The summed E-state index contributed by atoms with van der Waals surface area (Å²) in [5.41, 5.74) is 6.27. The predicted octanol–water partition coefficient (Wildman–Crippen LogP) is 2.25. The van der Waals surface area contributed by atoms with Gasteiger partial charge in [-0.2, -0.15) is 0 Å². The van der Waals surface area contributed by atoms with Crippen molar-refractivity contribution < 1.29 is 13.2 Å². The largest absolute Gasteiger partial charge is 0.490 e. The fourth-order valence-corrected chi connectivity index (χ4v) is 4.07. The molecule has 0 aromatic heterocycles. The average molecular weight is 283 g/mol. The highest BCUT2D eigenvalue weighted by atomic mass is 32.2. The number of benzene rings is 1. The molecule has 106 valence electrons. The molecule has 2 rings (SSSR count). The number of ether oxygens (including phenoxy) is 1. The van der Waals surface area contributed by atoms with Crippen LogP contribution in [0.5, 0.6) is 5.75 Å². The van der Waals surface area contributed by atoms with Crippen molar-refractivity contribution in [2.75, 3.05) is 23.8 Å². The Morgan fingerprint density at radius 2 is 1.89 bits per heavy atom. The molecule has 0 unspecified atom stereocenters. The molecule has 0 heterocycles. The van der Waals surface area contributed by atoms with Crippen LogP contribution in [0.2, 0.25) is 0 Å². The maximum atomic E-state index is 12.0. The molecule has 2 N–H and O–H groups in total. The van der Waals surface area contributed by atoms with Crippen molar-refractivity contribution in [3.05, 3.63) is 24.3 Å². The molecule has 0 spiro atoms. The molecule has 5 heteroatoms. The van der Waals surface area contributed by atoms with Gasteiger partial charge in [0, 0.05) is 0 Å². The standard InChI is InChI=1S/C14H21NO3S/c15-13-7-3-4-8-14(13)18-9-10-19(16,17)11-12-5-1-2-6-12/h3-4,7-8,12H,1-2,5-6,9-11,15H2. The molecule has 1 aliphatic carbocycles. The molecular formula is C14H21NO3S. The number of hydrogen-bond donors (Lipinski definition) is 1. The third-order valence-corrected chi connectivity index (χ3v) is 5.30. The quantitative estimate of drug-likeness (QED) is 0.813. The van der Waals surface area contributed by atoms with Gasteiger partial charge in [0.25, 0.3) is 0 Å². The zero-order valence-corrected chi connectivity index (χ0v) is 11.9. The van der Waals surface area contributed by atoms with Gasteiger partial charge in [-0.1, -0.05) is 25.0 Å². The van der Waals surface area contributed by atoms with Crippen LogP contribution in [-0.4, -0.2) is 26.5 Å². The number of hydrogen-bond acceptors (Lipinski definition) is 4. The summed E-state index contributed by atoms with van der Waals surface area (Å²) in [7, 11) is -3.01. The van der Waals surface area contributed by atoms with E-state index in [1.54, 1.807) is 12.1 Å². The summed E-state index contributed by atoms with van der Waals surface area (Å²) in [6, 6.07) is 7.12. The van der Waals surface area contributed by atoms with E-state index in [-0.39, 0.29) is 12.4 Å². The lowest BCUT2D eigenvalue weighted by molar-refractivity contribution is 0.342. The molecule has 0 aliphatic heterocycles. The summed E-state index contributed by atoms with van der Waals surface area (Å²) in [6.45, 7) is 0.170. The molecule has 0 atom stereocenters. The van der Waals surface area contributed by atoms with Crippen LogP contribution < -0.4 is 10.5 Å². The first-order valence-electron chi connectivity index (χ1n) is 6.74. The lowest BCUT2D eigenvalue weighted by Crippen LogP contribution is -2.21. The second kappa shape index (κ2) is 6.28. The number of sulfone groups is 1. The van der Waals surface area contributed by atoms with Gasteiger partial charge < -0.3 is 10.5 Å². The van der Waals surface area contributed by atoms with Crippen molar-refractivity contribution in [2.45, 2.75) is 25.7 Å². The van der Waals surface area contributed by atoms with E-state index in [0.717, 1.165) is 25.7 Å². The van der Waals surface area contributed by atoms with Crippen LogP contribution in [0.4, 0.5) is 5.69 Å². The van der Waals surface area contributed by atoms with Crippen LogP contribution in [-0.2, 0) is 9.84 Å². The Balaban J connectivity index is 1.79. The van der Waals surface area contributed by atoms with Crippen molar-refractivity contribution in [1.29, 1.82) is 0 Å². The Morgan fingerprint density at radius 3 is 2.58 bits per heavy atom. The number of nitrogens with two attached hydrogens (primary N) is 1. The lowest BCUT2D eigenvalue weighted by atomic mass is 10.1. The first kappa shape index (κ1) is 14.2. The molecule has 4 nitrogen and oxygen atoms in total. The van der Waals surface area contributed by atoms with Gasteiger partial charge in [0.1, 0.15) is 12.4 Å². The molecule has 1 saturated carbocycles. The third kappa shape index (κ3) is 4.42. The first-order valence-corrected chi connectivity index (χ1v) is 8.57. The average Bonchev–Trinajstić information content (AvgIpc) is 2.83. The van der Waals surface area contributed by atoms with Crippen LogP contribution in [0.15, 0.2) is 24.3 Å². The summed E-state index contributed by atoms with van der Waals surface area (Å²) < 4.78 is 29.3. The molecule has 1 fully saturated rings. The fourth-order valence-electron chi connectivity index (χ4n) is 2.51. The SMILES string of the molecule is Nc1ccccc1OCCS(=O)(=O)CC1CCCC1. The fraction of sp³-hybridized carbons (Fsp3) is 0.571. The van der Waals surface area contributed by atoms with Gasteiger partial charge in [-0.05, 0) is 30.9 Å². The summed E-state index contributed by atoms with van der Waals surface area (Å²) >= 11 is 0. The van der Waals surface area contributed by atoms with Gasteiger partial charge in [-0.25, -0.2) is 8.42 Å². The van der Waals surface area contributed by atoms with E-state index in [0.29, 0.717) is 23.1 Å². The molecule has 0 bridgehead atoms. The summed E-state index contributed by atoms with van der Waals surface area (Å²) in [6.07, 6.45) is 4.42. The lowest BCUT2D eigenvalue weighted by Gasteiger charge is -2.11. The zero-order valence-electron chi connectivity index (χ0n) is 11.0. The van der Waals surface area contributed by atoms with Crippen LogP contribution in [0.3, 0.4) is 0 Å². The van der Waals surface area contributed by atoms with E-state index < -0.39 is 9.84 Å². The minimum Gasteiger partial charge on any atom is -0.490 e. The molecule has 0 amide bonds. The van der Waals surface area contributed by atoms with Crippen molar-refractivity contribution in [3.8, 4) is 5.75 Å². The summed E-state index contributed by atoms with van der Waals surface area (Å²) in [5, 5.41) is 0. The second-order valence-corrected chi connectivity index (χ2v) is 7.38. The highest BCUT2D eigenvalue weighted by Gasteiger charge is 2.22. The monoisotopic (exact) mass is 283 g/mol. The van der Waals surface area contributed by atoms with E-state index in [9.17, 15) is 8.42 Å². The maximum absolute atomic E-state index is 12.0. The highest BCUT2D eigenvalue weighted by Crippen LogP contribution is 2.26. The zero-order chi connectivity index (χ0) is 13.7. The third-order valence-electron chi connectivity index (χ3n) is 3.54. The normalized spacial score (nSPS) is 16.6. The van der Waals surface area contributed by atoms with Gasteiger partial charge in [0.2, 0.25) is 0 Å². The van der Waals surface area contributed by atoms with E-state index in [1.807, 2.05) is 12.1 Å². The highest BCUT2D eigenvalue weighted by molar-refractivity contribution is 7.91. The predicted molar refractivity (Wildman–Crippen MR) is 77.0 cm³/mol. The van der Waals surface area contributed by atoms with Crippen molar-refractivity contribution in [3.63, 3.8) is 0 Å². The van der Waals surface area contributed by atoms with Gasteiger partial charge in [0.15, 0.2) is 9.84 Å². The van der Waals surface area contributed by atoms with Crippen molar-refractivity contribution in [2.24, 2.45) is 5.92 Å². The Hall–Kier alpha value is -1.23. The molecular weight excluding hydrogens is 262 g/mol. The Morgan fingerprint density at radius 1 is 1.21 bits per heavy atom. The van der Waals surface area contributed by atoms with Gasteiger partial charge >= 0.3 is 0 Å². The molecule has 0 radical (unpaired) electrons. The van der Waals surface area contributed by atoms with Crippen LogP contribution in [0.25, 0.3) is 0 Å². The number of nitrogen functional groups attached to an aromatic ring is 1. The molecule has 1 aromatic rings. The van der Waals surface area contributed by atoms with E-state index >= 15 is 0 Å². The van der Waals surface area contributed by atoms with E-state index in [4.69, 9.17) is 10.5 Å². The summed E-state index contributed by atoms with van der Waals surface area (Å²) in [5.74, 6) is 1.28. The molecule has 19 heavy (non-hydrogen) atoms. The second-order valence-electron chi connectivity index (χ2n) is 5.15. The van der Waals surface area contributed by atoms with Crippen LogP contribution >= 0.6 is 0 Å². The molecule has 1 aromatic carbocycles. The minimum absolute atomic E-state index is 0.0673. The first-order chi connectivity index (χ1) is 9.07. The molecule has 0 saturated heterocycles. The van der Waals surface area contributed by atoms with Crippen LogP contribution in [0, 0.1) is 5.92 Å². The topological polar surface area (TPSA) is 69.4 Å². The Kier molecular flexibility index (Phi) is 4.69. The van der Waals surface area contributed by atoms with Gasteiger partial charge in [0.05, 0.1) is 17.2 Å². The number of anilines is 1.